The molecule has 4 rings (SSSR count). The van der Waals surface area contributed by atoms with Crippen LogP contribution in [0.4, 0.5) is 0 Å². The smallest absolute Gasteiger partial charge is 0.290 e. The Morgan fingerprint density at radius 2 is 1.93 bits per heavy atom. The molecule has 1 unspecified atom stereocenters. The lowest BCUT2D eigenvalue weighted by molar-refractivity contribution is 0.0589. The van der Waals surface area contributed by atoms with E-state index in [4.69, 9.17) is 4.42 Å². The fourth-order valence-corrected chi connectivity index (χ4v) is 3.76. The molecule has 1 atom stereocenters. The van der Waals surface area contributed by atoms with Gasteiger partial charge in [0.1, 0.15) is 17.6 Å². The Morgan fingerprint density at radius 1 is 1.17 bits per heavy atom. The van der Waals surface area contributed by atoms with Crippen molar-refractivity contribution in [3.8, 4) is 11.3 Å². The van der Waals surface area contributed by atoms with Crippen LogP contribution in [0.1, 0.15) is 48.8 Å². The van der Waals surface area contributed by atoms with E-state index in [2.05, 4.69) is 55.3 Å². The minimum absolute atomic E-state index is 0.0999. The van der Waals surface area contributed by atoms with E-state index in [0.717, 1.165) is 17.9 Å². The van der Waals surface area contributed by atoms with Gasteiger partial charge in [0.15, 0.2) is 5.76 Å². The molecule has 0 bridgehead atoms. The van der Waals surface area contributed by atoms with E-state index >= 15 is 0 Å². The number of amides is 1. The molecule has 6 nitrogen and oxygen atoms in total. The summed E-state index contributed by atoms with van der Waals surface area (Å²) in [6, 6.07) is 11.9. The van der Waals surface area contributed by atoms with E-state index < -0.39 is 0 Å². The SMILES string of the molecule is Cn1ccnc1C1CNCCN1C(=O)c1ccc(-c2ccc(C(C)(C)C)cc2)o1. The lowest BCUT2D eigenvalue weighted by Crippen LogP contribution is -2.49. The molecule has 0 spiro atoms. The summed E-state index contributed by atoms with van der Waals surface area (Å²) >= 11 is 0. The molecule has 0 aliphatic carbocycles. The molecule has 0 saturated carbocycles. The number of carbonyl (C=O) groups excluding carboxylic acids is 1. The van der Waals surface area contributed by atoms with Gasteiger partial charge in [-0.25, -0.2) is 4.98 Å². The van der Waals surface area contributed by atoms with E-state index in [1.807, 2.05) is 28.8 Å². The van der Waals surface area contributed by atoms with Gasteiger partial charge in [-0.05, 0) is 23.1 Å². The molecule has 1 aliphatic heterocycles. The van der Waals surface area contributed by atoms with Gasteiger partial charge in [-0.15, -0.1) is 0 Å². The summed E-state index contributed by atoms with van der Waals surface area (Å²) in [5.41, 5.74) is 2.34. The highest BCUT2D eigenvalue weighted by atomic mass is 16.4. The van der Waals surface area contributed by atoms with Crippen LogP contribution in [0.25, 0.3) is 11.3 Å². The van der Waals surface area contributed by atoms with Gasteiger partial charge in [0.25, 0.3) is 5.91 Å². The Balaban J connectivity index is 1.57. The van der Waals surface area contributed by atoms with Crippen molar-refractivity contribution in [1.29, 1.82) is 0 Å². The fraction of sp³-hybridized carbons (Fsp3) is 0.391. The van der Waals surface area contributed by atoms with Crippen molar-refractivity contribution < 1.29 is 9.21 Å². The Hall–Kier alpha value is -2.86. The van der Waals surface area contributed by atoms with Crippen LogP contribution in [-0.4, -0.2) is 40.0 Å². The molecule has 1 saturated heterocycles. The van der Waals surface area contributed by atoms with Gasteiger partial charge in [-0.2, -0.15) is 0 Å². The van der Waals surface area contributed by atoms with Gasteiger partial charge in [-0.3, -0.25) is 4.79 Å². The van der Waals surface area contributed by atoms with Crippen LogP contribution in [0.5, 0.6) is 0 Å². The molecule has 1 amide bonds. The highest BCUT2D eigenvalue weighted by molar-refractivity contribution is 5.92. The Bertz CT molecular complexity index is 995. The van der Waals surface area contributed by atoms with Gasteiger partial charge in [0, 0.05) is 44.6 Å². The zero-order valence-corrected chi connectivity index (χ0v) is 17.5. The van der Waals surface area contributed by atoms with Crippen molar-refractivity contribution in [3.63, 3.8) is 0 Å². The molecule has 1 N–H and O–H groups in total. The maximum absolute atomic E-state index is 13.2. The second kappa shape index (κ2) is 7.52. The molecule has 1 fully saturated rings. The van der Waals surface area contributed by atoms with Gasteiger partial charge in [-0.1, -0.05) is 45.0 Å². The molecule has 0 radical (unpaired) electrons. The number of aromatic nitrogens is 2. The van der Waals surface area contributed by atoms with Crippen molar-refractivity contribution in [3.05, 3.63) is 65.9 Å². The summed E-state index contributed by atoms with van der Waals surface area (Å²) in [6.45, 7) is 8.63. The number of imidazole rings is 1. The molecule has 3 aromatic rings. The summed E-state index contributed by atoms with van der Waals surface area (Å²) in [6.07, 6.45) is 3.66. The van der Waals surface area contributed by atoms with Crippen molar-refractivity contribution in [1.82, 2.24) is 19.8 Å². The lowest BCUT2D eigenvalue weighted by atomic mass is 9.86. The molecule has 1 aliphatic rings. The molecule has 29 heavy (non-hydrogen) atoms. The average molecular weight is 393 g/mol. The van der Waals surface area contributed by atoms with Gasteiger partial charge in [0.05, 0.1) is 0 Å². The first-order valence-electron chi connectivity index (χ1n) is 10.0. The van der Waals surface area contributed by atoms with Crippen molar-refractivity contribution in [2.45, 2.75) is 32.2 Å². The standard InChI is InChI=1S/C23H28N4O2/c1-23(2,3)17-7-5-16(6-8-17)19-9-10-20(29-19)22(28)27-14-11-24-15-18(27)21-25-12-13-26(21)4/h5-10,12-13,18,24H,11,14-15H2,1-4H3. The van der Waals surface area contributed by atoms with E-state index in [1.54, 1.807) is 12.3 Å². The third-order valence-corrected chi connectivity index (χ3v) is 5.51. The predicted molar refractivity (Wildman–Crippen MR) is 113 cm³/mol. The number of benzene rings is 1. The molecule has 6 heteroatoms. The number of piperazine rings is 1. The minimum Gasteiger partial charge on any atom is -0.451 e. The molecule has 2 aromatic heterocycles. The first-order chi connectivity index (χ1) is 13.8. The van der Waals surface area contributed by atoms with Crippen LogP contribution in [0.15, 0.2) is 53.2 Å². The normalized spacial score (nSPS) is 17.5. The predicted octanol–water partition coefficient (Wildman–Crippen LogP) is 3.76. The average Bonchev–Trinajstić information content (AvgIpc) is 3.36. The second-order valence-electron chi connectivity index (χ2n) is 8.61. The number of nitrogens with one attached hydrogen (secondary N) is 1. The van der Waals surface area contributed by atoms with Crippen LogP contribution in [-0.2, 0) is 12.5 Å². The number of nitrogens with zero attached hydrogens (tertiary/aromatic N) is 3. The van der Waals surface area contributed by atoms with Crippen LogP contribution in [0.3, 0.4) is 0 Å². The van der Waals surface area contributed by atoms with Crippen molar-refractivity contribution in [2.75, 3.05) is 19.6 Å². The molecule has 152 valence electrons. The molecule has 3 heterocycles. The quantitative estimate of drug-likeness (QED) is 0.737. The summed E-state index contributed by atoms with van der Waals surface area (Å²) < 4.78 is 7.93. The van der Waals surface area contributed by atoms with E-state index in [-0.39, 0.29) is 17.4 Å². The number of rotatable bonds is 3. The molecular weight excluding hydrogens is 364 g/mol. The Labute approximate surface area is 171 Å². The number of hydrogen-bond acceptors (Lipinski definition) is 4. The fourth-order valence-electron chi connectivity index (χ4n) is 3.76. The maximum Gasteiger partial charge on any atom is 0.290 e. The van der Waals surface area contributed by atoms with Crippen LogP contribution < -0.4 is 5.32 Å². The number of hydrogen-bond donors (Lipinski definition) is 1. The molecule has 1 aromatic carbocycles. The lowest BCUT2D eigenvalue weighted by Gasteiger charge is -2.35. The second-order valence-corrected chi connectivity index (χ2v) is 8.61. The van der Waals surface area contributed by atoms with Crippen LogP contribution in [0, 0.1) is 0 Å². The van der Waals surface area contributed by atoms with Gasteiger partial charge < -0.3 is 19.2 Å². The highest BCUT2D eigenvalue weighted by Gasteiger charge is 2.32. The highest BCUT2D eigenvalue weighted by Crippen LogP contribution is 2.29. The van der Waals surface area contributed by atoms with Crippen LogP contribution in [0.2, 0.25) is 0 Å². The first-order valence-corrected chi connectivity index (χ1v) is 10.0. The largest absolute Gasteiger partial charge is 0.451 e. The molecular formula is C23H28N4O2. The monoisotopic (exact) mass is 392 g/mol. The van der Waals surface area contributed by atoms with Crippen molar-refractivity contribution in [2.24, 2.45) is 7.05 Å². The number of carbonyl (C=O) groups is 1. The Morgan fingerprint density at radius 3 is 2.59 bits per heavy atom. The van der Waals surface area contributed by atoms with Crippen LogP contribution >= 0.6 is 0 Å². The third-order valence-electron chi connectivity index (χ3n) is 5.51. The number of furan rings is 1. The Kier molecular flexibility index (Phi) is 5.04. The van der Waals surface area contributed by atoms with Gasteiger partial charge in [0.2, 0.25) is 0 Å². The topological polar surface area (TPSA) is 63.3 Å². The van der Waals surface area contributed by atoms with Crippen molar-refractivity contribution >= 4 is 5.91 Å². The van der Waals surface area contributed by atoms with E-state index in [0.29, 0.717) is 24.6 Å². The maximum atomic E-state index is 13.2. The first kappa shape index (κ1) is 19.5. The van der Waals surface area contributed by atoms with E-state index in [9.17, 15) is 4.79 Å². The number of aryl methyl sites for hydroxylation is 1. The zero-order valence-electron chi connectivity index (χ0n) is 17.5. The third kappa shape index (κ3) is 3.85. The van der Waals surface area contributed by atoms with E-state index in [1.165, 1.54) is 5.56 Å². The zero-order chi connectivity index (χ0) is 20.6. The van der Waals surface area contributed by atoms with Gasteiger partial charge >= 0.3 is 0 Å². The summed E-state index contributed by atoms with van der Waals surface area (Å²) in [5, 5.41) is 3.36. The summed E-state index contributed by atoms with van der Waals surface area (Å²) in [7, 11) is 1.95. The summed E-state index contributed by atoms with van der Waals surface area (Å²) in [4.78, 5) is 19.5. The summed E-state index contributed by atoms with van der Waals surface area (Å²) in [5.74, 6) is 1.84. The minimum atomic E-state index is -0.115.